The van der Waals surface area contributed by atoms with Crippen LogP contribution in [0.1, 0.15) is 13.3 Å². The van der Waals surface area contributed by atoms with E-state index in [1.807, 2.05) is 5.38 Å². The molecule has 0 radical (unpaired) electrons. The second-order valence-electron chi connectivity index (χ2n) is 3.12. The molecule has 0 aliphatic carbocycles. The summed E-state index contributed by atoms with van der Waals surface area (Å²) in [6.45, 7) is 1.53. The zero-order valence-electron chi connectivity index (χ0n) is 7.77. The Morgan fingerprint density at radius 1 is 1.86 bits per heavy atom. The molecule has 0 aliphatic rings. The Hall–Kier alpha value is -0.590. The Morgan fingerprint density at radius 2 is 2.57 bits per heavy atom. The first kappa shape index (κ1) is 11.5. The van der Waals surface area contributed by atoms with E-state index in [0.29, 0.717) is 12.2 Å². The lowest BCUT2D eigenvalue weighted by Crippen LogP contribution is -2.45. The fourth-order valence-corrected chi connectivity index (χ4v) is 2.62. The second kappa shape index (κ2) is 4.77. The van der Waals surface area contributed by atoms with Crippen molar-refractivity contribution in [2.75, 3.05) is 5.75 Å². The van der Waals surface area contributed by atoms with Gasteiger partial charge in [-0.15, -0.1) is 11.3 Å². The van der Waals surface area contributed by atoms with Gasteiger partial charge in [0.2, 0.25) is 0 Å². The Kier molecular flexibility index (Phi) is 3.91. The first-order valence-corrected chi connectivity index (χ1v) is 5.93. The molecule has 0 amide bonds. The normalized spacial score (nSPS) is 15.0. The number of carboxylic acids is 1. The molecule has 4 nitrogen and oxygen atoms in total. The highest BCUT2D eigenvalue weighted by Crippen LogP contribution is 2.22. The summed E-state index contributed by atoms with van der Waals surface area (Å²) in [4.78, 5) is 14.7. The molecule has 1 heterocycles. The maximum Gasteiger partial charge on any atom is 0.323 e. The van der Waals surface area contributed by atoms with Crippen molar-refractivity contribution in [2.45, 2.75) is 23.2 Å². The smallest absolute Gasteiger partial charge is 0.323 e. The number of nitrogens with two attached hydrogens (primary N) is 1. The topological polar surface area (TPSA) is 76.2 Å². The summed E-state index contributed by atoms with van der Waals surface area (Å²) in [7, 11) is 0. The molecule has 1 aromatic rings. The molecule has 0 spiro atoms. The third-order valence-electron chi connectivity index (χ3n) is 1.75. The quantitative estimate of drug-likeness (QED) is 0.751. The molecule has 3 N–H and O–H groups in total. The molecule has 0 saturated heterocycles. The predicted octanol–water partition coefficient (Wildman–Crippen LogP) is 1.43. The molecule has 1 atom stereocenters. The van der Waals surface area contributed by atoms with Crippen molar-refractivity contribution < 1.29 is 9.90 Å². The van der Waals surface area contributed by atoms with Gasteiger partial charge in [-0.05, 0) is 13.3 Å². The molecule has 1 rings (SSSR count). The van der Waals surface area contributed by atoms with Gasteiger partial charge >= 0.3 is 5.97 Å². The summed E-state index contributed by atoms with van der Waals surface area (Å²) < 4.78 is 0.950. The fraction of sp³-hybridized carbons (Fsp3) is 0.500. The minimum atomic E-state index is -1.13. The average Bonchev–Trinajstić information content (AvgIpc) is 2.56. The molecule has 0 saturated carbocycles. The molecular formula is C8H12N2O2S2. The van der Waals surface area contributed by atoms with Gasteiger partial charge in [0.1, 0.15) is 9.88 Å². The Labute approximate surface area is 90.5 Å². The number of nitrogens with zero attached hydrogens (tertiary/aromatic N) is 1. The zero-order valence-corrected chi connectivity index (χ0v) is 9.40. The second-order valence-corrected chi connectivity index (χ2v) is 5.36. The van der Waals surface area contributed by atoms with Crippen molar-refractivity contribution in [3.8, 4) is 0 Å². The van der Waals surface area contributed by atoms with E-state index in [9.17, 15) is 4.79 Å². The first-order valence-electron chi connectivity index (χ1n) is 4.07. The summed E-state index contributed by atoms with van der Waals surface area (Å²) in [5.41, 5.74) is 4.43. The van der Waals surface area contributed by atoms with Crippen molar-refractivity contribution in [3.05, 3.63) is 11.6 Å². The summed E-state index contributed by atoms with van der Waals surface area (Å²) in [6, 6.07) is 0. The van der Waals surface area contributed by atoms with E-state index in [-0.39, 0.29) is 0 Å². The van der Waals surface area contributed by atoms with E-state index in [4.69, 9.17) is 10.8 Å². The number of aliphatic carboxylic acids is 1. The molecule has 14 heavy (non-hydrogen) atoms. The summed E-state index contributed by atoms with van der Waals surface area (Å²) >= 11 is 3.08. The van der Waals surface area contributed by atoms with Gasteiger partial charge in [-0.2, -0.15) is 0 Å². The number of hydrogen-bond acceptors (Lipinski definition) is 5. The third kappa shape index (κ3) is 3.28. The van der Waals surface area contributed by atoms with E-state index in [0.717, 1.165) is 4.34 Å². The van der Waals surface area contributed by atoms with E-state index in [2.05, 4.69) is 4.98 Å². The molecule has 0 fully saturated rings. The standard InChI is InChI=1S/C8H12N2O2S2/c1-8(9,6(11)12)2-4-13-7-10-3-5-14-7/h3,5H,2,4,9H2,1H3,(H,11,12). The lowest BCUT2D eigenvalue weighted by Gasteiger charge is -2.17. The van der Waals surface area contributed by atoms with Crippen LogP contribution in [0, 0.1) is 0 Å². The molecule has 0 aromatic carbocycles. The van der Waals surface area contributed by atoms with Crippen molar-refractivity contribution in [1.82, 2.24) is 4.98 Å². The lowest BCUT2D eigenvalue weighted by atomic mass is 10.0. The van der Waals surface area contributed by atoms with Crippen LogP contribution in [0.4, 0.5) is 0 Å². The van der Waals surface area contributed by atoms with Crippen LogP contribution >= 0.6 is 23.1 Å². The first-order chi connectivity index (χ1) is 6.52. The lowest BCUT2D eigenvalue weighted by molar-refractivity contribution is -0.142. The molecule has 0 aliphatic heterocycles. The van der Waals surface area contributed by atoms with E-state index in [1.165, 1.54) is 18.7 Å². The minimum Gasteiger partial charge on any atom is -0.480 e. The van der Waals surface area contributed by atoms with Crippen LogP contribution in [0.2, 0.25) is 0 Å². The van der Waals surface area contributed by atoms with Gasteiger partial charge in [0.15, 0.2) is 0 Å². The van der Waals surface area contributed by atoms with Gasteiger partial charge in [0.25, 0.3) is 0 Å². The maximum atomic E-state index is 10.7. The van der Waals surface area contributed by atoms with Gasteiger partial charge in [0.05, 0.1) is 0 Å². The number of hydrogen-bond donors (Lipinski definition) is 2. The SMILES string of the molecule is CC(N)(CCSc1nccs1)C(=O)O. The van der Waals surface area contributed by atoms with Crippen LogP contribution in [-0.4, -0.2) is 27.4 Å². The van der Waals surface area contributed by atoms with Crippen molar-refractivity contribution in [3.63, 3.8) is 0 Å². The van der Waals surface area contributed by atoms with Crippen LogP contribution in [0.25, 0.3) is 0 Å². The number of carbonyl (C=O) groups is 1. The largest absolute Gasteiger partial charge is 0.480 e. The zero-order chi connectivity index (χ0) is 10.6. The van der Waals surface area contributed by atoms with Crippen molar-refractivity contribution in [2.24, 2.45) is 5.73 Å². The Bertz CT molecular complexity index is 298. The number of rotatable bonds is 5. The van der Waals surface area contributed by atoms with Crippen molar-refractivity contribution >= 4 is 29.1 Å². The predicted molar refractivity (Wildman–Crippen MR) is 57.7 cm³/mol. The monoisotopic (exact) mass is 232 g/mol. The van der Waals surface area contributed by atoms with Crippen LogP contribution in [0.3, 0.4) is 0 Å². The highest BCUT2D eigenvalue weighted by molar-refractivity contribution is 8.00. The van der Waals surface area contributed by atoms with Crippen LogP contribution < -0.4 is 5.73 Å². The van der Waals surface area contributed by atoms with Gasteiger partial charge in [-0.1, -0.05) is 11.8 Å². The molecule has 1 aromatic heterocycles. The third-order valence-corrected chi connectivity index (χ3v) is 3.71. The van der Waals surface area contributed by atoms with Crippen molar-refractivity contribution in [1.29, 1.82) is 0 Å². The highest BCUT2D eigenvalue weighted by atomic mass is 32.2. The average molecular weight is 232 g/mol. The number of carboxylic acid groups (broad SMARTS) is 1. The van der Waals surface area contributed by atoms with E-state index < -0.39 is 11.5 Å². The number of thioether (sulfide) groups is 1. The summed E-state index contributed by atoms with van der Waals surface area (Å²) in [5, 5.41) is 10.6. The highest BCUT2D eigenvalue weighted by Gasteiger charge is 2.27. The summed E-state index contributed by atoms with van der Waals surface area (Å²) in [5.74, 6) is -0.287. The molecular weight excluding hydrogens is 220 g/mol. The van der Waals surface area contributed by atoms with Crippen LogP contribution in [0.15, 0.2) is 15.9 Å². The Morgan fingerprint density at radius 3 is 3.07 bits per heavy atom. The summed E-state index contributed by atoms with van der Waals surface area (Å²) in [6.07, 6.45) is 2.17. The van der Waals surface area contributed by atoms with Crippen LogP contribution in [0.5, 0.6) is 0 Å². The number of thiazole rings is 1. The van der Waals surface area contributed by atoms with Gasteiger partial charge in [-0.3, -0.25) is 4.79 Å². The van der Waals surface area contributed by atoms with Gasteiger partial charge in [-0.25, -0.2) is 4.98 Å². The Balaban J connectivity index is 2.31. The molecule has 78 valence electrons. The molecule has 0 bridgehead atoms. The van der Waals surface area contributed by atoms with Crippen LogP contribution in [-0.2, 0) is 4.79 Å². The van der Waals surface area contributed by atoms with E-state index in [1.54, 1.807) is 17.5 Å². The molecule has 1 unspecified atom stereocenters. The fourth-order valence-electron chi connectivity index (χ4n) is 0.739. The van der Waals surface area contributed by atoms with Gasteiger partial charge < -0.3 is 10.8 Å². The number of aromatic nitrogens is 1. The van der Waals surface area contributed by atoms with E-state index >= 15 is 0 Å². The van der Waals surface area contributed by atoms with Gasteiger partial charge in [0, 0.05) is 17.3 Å². The molecule has 6 heteroatoms. The minimum absolute atomic E-state index is 0.437. The maximum absolute atomic E-state index is 10.7.